The van der Waals surface area contributed by atoms with E-state index in [1.54, 1.807) is 54.6 Å². The molecular formula is C16H9ClF3NO. The van der Waals surface area contributed by atoms with Gasteiger partial charge in [0.1, 0.15) is 5.69 Å². The molecule has 22 heavy (non-hydrogen) atoms. The number of rotatable bonds is 2. The van der Waals surface area contributed by atoms with Crippen LogP contribution in [-0.4, -0.2) is 4.98 Å². The smallest absolute Gasteiger partial charge is 0.432 e. The van der Waals surface area contributed by atoms with Crippen LogP contribution in [0.3, 0.4) is 0 Å². The summed E-state index contributed by atoms with van der Waals surface area (Å²) < 4.78 is 43.7. The molecule has 6 heteroatoms. The number of nitrogens with zero attached hydrogens (tertiary/aromatic N) is 1. The van der Waals surface area contributed by atoms with Crippen LogP contribution >= 0.6 is 11.6 Å². The molecule has 0 aliphatic rings. The highest BCUT2D eigenvalue weighted by Gasteiger charge is 2.39. The highest BCUT2D eigenvalue weighted by molar-refractivity contribution is 6.30. The van der Waals surface area contributed by atoms with Gasteiger partial charge >= 0.3 is 12.1 Å². The second kappa shape index (κ2) is 5.50. The third-order valence-electron chi connectivity index (χ3n) is 3.02. The van der Waals surface area contributed by atoms with Gasteiger partial charge in [-0.3, -0.25) is 0 Å². The summed E-state index contributed by atoms with van der Waals surface area (Å²) in [5.74, 6) is -1.20. The van der Waals surface area contributed by atoms with E-state index in [9.17, 15) is 13.2 Å². The number of oxazole rings is 1. The molecule has 0 radical (unpaired) electrons. The van der Waals surface area contributed by atoms with Crippen molar-refractivity contribution in [2.24, 2.45) is 0 Å². The molecule has 0 saturated carbocycles. The quantitative estimate of drug-likeness (QED) is 0.606. The molecule has 0 amide bonds. The molecule has 1 aromatic heterocycles. The Labute approximate surface area is 129 Å². The molecule has 2 nitrogen and oxygen atoms in total. The summed E-state index contributed by atoms with van der Waals surface area (Å²) >= 11 is 5.81. The molecule has 0 aliphatic carbocycles. The predicted octanol–water partition coefficient (Wildman–Crippen LogP) is 5.68. The van der Waals surface area contributed by atoms with Gasteiger partial charge in [-0.2, -0.15) is 13.2 Å². The Morgan fingerprint density at radius 3 is 2.09 bits per heavy atom. The van der Waals surface area contributed by atoms with E-state index in [1.807, 2.05) is 0 Å². The molecule has 0 aliphatic heterocycles. The molecule has 3 aromatic rings. The van der Waals surface area contributed by atoms with Gasteiger partial charge in [0.25, 0.3) is 0 Å². The molecule has 0 atom stereocenters. The molecule has 3 rings (SSSR count). The van der Waals surface area contributed by atoms with Crippen LogP contribution in [-0.2, 0) is 6.18 Å². The van der Waals surface area contributed by atoms with Gasteiger partial charge in [-0.05, 0) is 24.3 Å². The second-order valence-corrected chi connectivity index (χ2v) is 5.00. The van der Waals surface area contributed by atoms with E-state index in [0.29, 0.717) is 16.1 Å². The summed E-state index contributed by atoms with van der Waals surface area (Å²) in [6.07, 6.45) is -4.64. The fraction of sp³-hybridized carbons (Fsp3) is 0.0625. The van der Waals surface area contributed by atoms with E-state index >= 15 is 0 Å². The van der Waals surface area contributed by atoms with Crippen molar-refractivity contribution in [3.63, 3.8) is 0 Å². The number of aromatic nitrogens is 1. The molecule has 0 saturated heterocycles. The molecule has 0 fully saturated rings. The lowest BCUT2D eigenvalue weighted by Crippen LogP contribution is -2.04. The summed E-state index contributed by atoms with van der Waals surface area (Å²) in [4.78, 5) is 3.63. The summed E-state index contributed by atoms with van der Waals surface area (Å²) in [5.41, 5.74) is 1.17. The highest BCUT2D eigenvalue weighted by atomic mass is 35.5. The van der Waals surface area contributed by atoms with Gasteiger partial charge < -0.3 is 4.42 Å². The number of hydrogen-bond donors (Lipinski definition) is 0. The third kappa shape index (κ3) is 2.85. The van der Waals surface area contributed by atoms with Crippen LogP contribution < -0.4 is 0 Å². The van der Waals surface area contributed by atoms with Gasteiger partial charge in [0, 0.05) is 16.1 Å². The largest absolute Gasteiger partial charge is 0.468 e. The molecule has 0 spiro atoms. The van der Waals surface area contributed by atoms with Crippen molar-refractivity contribution in [3.05, 3.63) is 65.5 Å². The lowest BCUT2D eigenvalue weighted by atomic mass is 10.1. The average Bonchev–Trinajstić information content (AvgIpc) is 2.94. The van der Waals surface area contributed by atoms with E-state index in [4.69, 9.17) is 16.0 Å². The summed E-state index contributed by atoms with van der Waals surface area (Å²) in [7, 11) is 0. The van der Waals surface area contributed by atoms with Gasteiger partial charge in [0.15, 0.2) is 5.76 Å². The Balaban J connectivity index is 2.19. The third-order valence-corrected chi connectivity index (χ3v) is 3.28. The van der Waals surface area contributed by atoms with Gasteiger partial charge in [-0.25, -0.2) is 4.98 Å². The fourth-order valence-corrected chi connectivity index (χ4v) is 2.16. The second-order valence-electron chi connectivity index (χ2n) is 4.57. The Hall–Kier alpha value is -2.27. The first kappa shape index (κ1) is 14.7. The maximum absolute atomic E-state index is 12.9. The highest BCUT2D eigenvalue weighted by Crippen LogP contribution is 2.38. The number of halogens is 4. The number of benzene rings is 2. The minimum Gasteiger partial charge on any atom is -0.432 e. The van der Waals surface area contributed by atoms with Crippen molar-refractivity contribution in [3.8, 4) is 22.6 Å². The molecule has 0 N–H and O–H groups in total. The topological polar surface area (TPSA) is 26.0 Å². The minimum absolute atomic E-state index is 0.0650. The molecule has 0 unspecified atom stereocenters. The van der Waals surface area contributed by atoms with Crippen LogP contribution in [0, 0.1) is 0 Å². The molecule has 0 bridgehead atoms. The zero-order chi connectivity index (χ0) is 15.7. The van der Waals surface area contributed by atoms with E-state index in [2.05, 4.69) is 4.98 Å². The Morgan fingerprint density at radius 1 is 0.864 bits per heavy atom. The van der Waals surface area contributed by atoms with Gasteiger partial charge in [-0.15, -0.1) is 0 Å². The average molecular weight is 324 g/mol. The fourth-order valence-electron chi connectivity index (χ4n) is 2.03. The van der Waals surface area contributed by atoms with Gasteiger partial charge in [-0.1, -0.05) is 41.9 Å². The predicted molar refractivity (Wildman–Crippen MR) is 77.4 cm³/mol. The van der Waals surface area contributed by atoms with E-state index in [-0.39, 0.29) is 11.5 Å². The van der Waals surface area contributed by atoms with Crippen LogP contribution in [0.15, 0.2) is 59.0 Å². The first-order valence-electron chi connectivity index (χ1n) is 6.34. The Kier molecular flexibility index (Phi) is 3.66. The van der Waals surface area contributed by atoms with Crippen LogP contribution in [0.1, 0.15) is 5.89 Å². The number of alkyl halides is 3. The van der Waals surface area contributed by atoms with Crippen molar-refractivity contribution in [1.82, 2.24) is 4.98 Å². The van der Waals surface area contributed by atoms with Crippen LogP contribution in [0.2, 0.25) is 5.02 Å². The monoisotopic (exact) mass is 323 g/mol. The molecular weight excluding hydrogens is 315 g/mol. The van der Waals surface area contributed by atoms with Crippen LogP contribution in [0.25, 0.3) is 22.6 Å². The molecule has 1 heterocycles. The lowest BCUT2D eigenvalue weighted by Gasteiger charge is -2.01. The van der Waals surface area contributed by atoms with Crippen LogP contribution in [0.5, 0.6) is 0 Å². The first-order chi connectivity index (χ1) is 10.4. The van der Waals surface area contributed by atoms with Crippen molar-refractivity contribution in [2.75, 3.05) is 0 Å². The van der Waals surface area contributed by atoms with Crippen molar-refractivity contribution < 1.29 is 17.6 Å². The molecule has 112 valence electrons. The summed E-state index contributed by atoms with van der Waals surface area (Å²) in [6, 6.07) is 14.9. The van der Waals surface area contributed by atoms with Gasteiger partial charge in [0.2, 0.25) is 0 Å². The zero-order valence-corrected chi connectivity index (χ0v) is 11.8. The summed E-state index contributed by atoms with van der Waals surface area (Å²) in [6.45, 7) is 0. The van der Waals surface area contributed by atoms with Crippen molar-refractivity contribution >= 4 is 11.6 Å². The summed E-state index contributed by atoms with van der Waals surface area (Å²) in [5, 5.41) is 0.487. The van der Waals surface area contributed by atoms with E-state index < -0.39 is 12.1 Å². The van der Waals surface area contributed by atoms with Crippen molar-refractivity contribution in [1.29, 1.82) is 0 Å². The Morgan fingerprint density at radius 2 is 1.50 bits per heavy atom. The maximum Gasteiger partial charge on any atom is 0.468 e. The van der Waals surface area contributed by atoms with E-state index in [1.165, 1.54) is 0 Å². The Bertz CT molecular complexity index is 779. The maximum atomic E-state index is 12.9. The standard InChI is InChI=1S/C16H9ClF3NO/c17-12-8-6-11(7-9-12)14-13(10-4-2-1-3-5-10)21-15(22-14)16(18,19)20/h1-9H. The van der Waals surface area contributed by atoms with Crippen LogP contribution in [0.4, 0.5) is 13.2 Å². The minimum atomic E-state index is -4.64. The SMILES string of the molecule is FC(F)(F)c1nc(-c2ccccc2)c(-c2ccc(Cl)cc2)o1. The van der Waals surface area contributed by atoms with Gasteiger partial charge in [0.05, 0.1) is 0 Å². The number of hydrogen-bond acceptors (Lipinski definition) is 2. The molecule has 2 aromatic carbocycles. The lowest BCUT2D eigenvalue weighted by molar-refractivity contribution is -0.156. The first-order valence-corrected chi connectivity index (χ1v) is 6.72. The van der Waals surface area contributed by atoms with E-state index in [0.717, 1.165) is 0 Å². The zero-order valence-electron chi connectivity index (χ0n) is 11.1. The van der Waals surface area contributed by atoms with Crippen molar-refractivity contribution in [2.45, 2.75) is 6.18 Å². The normalized spacial score (nSPS) is 11.6.